The Kier molecular flexibility index (Phi) is 2.01. The summed E-state index contributed by atoms with van der Waals surface area (Å²) in [5.41, 5.74) is 2.04. The Balaban J connectivity index is 1.77. The van der Waals surface area contributed by atoms with Crippen molar-refractivity contribution in [3.63, 3.8) is 0 Å². The SMILES string of the molecule is O=Cc1ccc(N2CC3CC(C3)C2)cc1. The second-order valence-corrected chi connectivity index (χ2v) is 4.82. The third-order valence-electron chi connectivity index (χ3n) is 3.68. The number of anilines is 1. The molecule has 0 N–H and O–H groups in total. The molecule has 2 bridgehead atoms. The van der Waals surface area contributed by atoms with Crippen LogP contribution in [0.25, 0.3) is 0 Å². The second kappa shape index (κ2) is 3.37. The fourth-order valence-corrected chi connectivity index (χ4v) is 2.84. The van der Waals surface area contributed by atoms with Gasteiger partial charge in [-0.15, -0.1) is 0 Å². The van der Waals surface area contributed by atoms with Crippen molar-refractivity contribution in [1.29, 1.82) is 0 Å². The lowest BCUT2D eigenvalue weighted by Crippen LogP contribution is -2.48. The largest absolute Gasteiger partial charge is 0.371 e. The van der Waals surface area contributed by atoms with E-state index in [1.54, 1.807) is 0 Å². The van der Waals surface area contributed by atoms with Crippen molar-refractivity contribution in [1.82, 2.24) is 0 Å². The molecule has 0 radical (unpaired) electrons. The Bertz CT molecular complexity index is 355. The zero-order valence-electron chi connectivity index (χ0n) is 8.73. The van der Waals surface area contributed by atoms with Crippen LogP contribution in [0.2, 0.25) is 0 Å². The van der Waals surface area contributed by atoms with Crippen LogP contribution in [-0.4, -0.2) is 19.4 Å². The molecule has 0 unspecified atom stereocenters. The van der Waals surface area contributed by atoms with E-state index in [9.17, 15) is 4.79 Å². The van der Waals surface area contributed by atoms with Crippen LogP contribution in [0, 0.1) is 11.8 Å². The van der Waals surface area contributed by atoms with E-state index in [1.807, 2.05) is 12.1 Å². The molecule has 0 spiro atoms. The van der Waals surface area contributed by atoms with Gasteiger partial charge in [-0.1, -0.05) is 0 Å². The molecule has 2 saturated heterocycles. The van der Waals surface area contributed by atoms with Gasteiger partial charge in [0.05, 0.1) is 0 Å². The van der Waals surface area contributed by atoms with Gasteiger partial charge in [0.2, 0.25) is 0 Å². The van der Waals surface area contributed by atoms with Crippen LogP contribution in [0.4, 0.5) is 5.69 Å². The Morgan fingerprint density at radius 1 is 1.07 bits per heavy atom. The molecule has 15 heavy (non-hydrogen) atoms. The quantitative estimate of drug-likeness (QED) is 0.684. The van der Waals surface area contributed by atoms with E-state index in [0.717, 1.165) is 23.7 Å². The molecular weight excluding hydrogens is 186 g/mol. The van der Waals surface area contributed by atoms with Crippen LogP contribution in [0.5, 0.6) is 0 Å². The summed E-state index contributed by atoms with van der Waals surface area (Å²) in [6.07, 6.45) is 3.77. The number of fused-ring (bicyclic) bond motifs is 2. The average molecular weight is 201 g/mol. The lowest BCUT2D eigenvalue weighted by molar-refractivity contribution is 0.112. The van der Waals surface area contributed by atoms with Crippen LogP contribution < -0.4 is 4.90 Å². The molecule has 1 aliphatic carbocycles. The van der Waals surface area contributed by atoms with Gasteiger partial charge in [0.15, 0.2) is 0 Å². The van der Waals surface area contributed by atoms with E-state index in [-0.39, 0.29) is 0 Å². The number of benzene rings is 1. The first-order chi connectivity index (χ1) is 7.35. The molecule has 2 heteroatoms. The summed E-state index contributed by atoms with van der Waals surface area (Å²) in [5.74, 6) is 1.85. The Morgan fingerprint density at radius 2 is 1.67 bits per heavy atom. The van der Waals surface area contributed by atoms with Crippen LogP contribution in [0.15, 0.2) is 24.3 Å². The molecule has 2 heterocycles. The summed E-state index contributed by atoms with van der Waals surface area (Å²) >= 11 is 0. The maximum Gasteiger partial charge on any atom is 0.150 e. The van der Waals surface area contributed by atoms with E-state index in [2.05, 4.69) is 17.0 Å². The Morgan fingerprint density at radius 3 is 2.20 bits per heavy atom. The van der Waals surface area contributed by atoms with Crippen LogP contribution >= 0.6 is 0 Å². The highest BCUT2D eigenvalue weighted by Gasteiger charge is 2.36. The first kappa shape index (κ1) is 8.96. The molecule has 2 aliphatic heterocycles. The topological polar surface area (TPSA) is 20.3 Å². The van der Waals surface area contributed by atoms with Gasteiger partial charge in [0.25, 0.3) is 0 Å². The summed E-state index contributed by atoms with van der Waals surface area (Å²) < 4.78 is 0. The van der Waals surface area contributed by atoms with Crippen LogP contribution in [0.3, 0.4) is 0 Å². The molecule has 4 rings (SSSR count). The summed E-state index contributed by atoms with van der Waals surface area (Å²) in [6.45, 7) is 2.41. The molecule has 1 aromatic carbocycles. The fourth-order valence-electron chi connectivity index (χ4n) is 2.84. The van der Waals surface area contributed by atoms with Gasteiger partial charge in [-0.3, -0.25) is 4.79 Å². The third-order valence-corrected chi connectivity index (χ3v) is 3.68. The van der Waals surface area contributed by atoms with Crippen molar-refractivity contribution < 1.29 is 4.79 Å². The van der Waals surface area contributed by atoms with E-state index < -0.39 is 0 Å². The van der Waals surface area contributed by atoms with E-state index in [0.29, 0.717) is 0 Å². The molecule has 3 fully saturated rings. The monoisotopic (exact) mass is 201 g/mol. The molecule has 3 aliphatic rings. The first-order valence-electron chi connectivity index (χ1n) is 5.65. The zero-order chi connectivity index (χ0) is 10.3. The number of nitrogens with zero attached hydrogens (tertiary/aromatic N) is 1. The predicted octanol–water partition coefficient (Wildman–Crippen LogP) is 2.35. The standard InChI is InChI=1S/C13H15NO/c15-9-10-1-3-13(4-2-10)14-7-11-5-12(6-11)8-14/h1-4,9,11-12H,5-8H2. The summed E-state index contributed by atoms with van der Waals surface area (Å²) in [5, 5.41) is 0. The summed E-state index contributed by atoms with van der Waals surface area (Å²) in [4.78, 5) is 13.0. The molecule has 78 valence electrons. The molecule has 0 amide bonds. The van der Waals surface area contributed by atoms with Gasteiger partial charge >= 0.3 is 0 Å². The number of rotatable bonds is 2. The molecule has 0 aromatic heterocycles. The number of carbonyl (C=O) groups excluding carboxylic acids is 1. The van der Waals surface area contributed by atoms with E-state index in [1.165, 1.54) is 31.6 Å². The minimum atomic E-state index is 0.765. The third kappa shape index (κ3) is 1.54. The normalized spacial score (nSPS) is 28.4. The second-order valence-electron chi connectivity index (χ2n) is 4.82. The van der Waals surface area contributed by atoms with Crippen molar-refractivity contribution in [2.75, 3.05) is 18.0 Å². The van der Waals surface area contributed by atoms with E-state index in [4.69, 9.17) is 0 Å². The zero-order valence-corrected chi connectivity index (χ0v) is 8.73. The van der Waals surface area contributed by atoms with Crippen molar-refractivity contribution in [3.8, 4) is 0 Å². The number of aldehydes is 1. The Labute approximate surface area is 89.9 Å². The average Bonchev–Trinajstić information content (AvgIpc) is 2.28. The van der Waals surface area contributed by atoms with Gasteiger partial charge in [0, 0.05) is 24.3 Å². The maximum absolute atomic E-state index is 10.5. The van der Waals surface area contributed by atoms with Crippen molar-refractivity contribution >= 4 is 12.0 Å². The van der Waals surface area contributed by atoms with Crippen molar-refractivity contribution in [3.05, 3.63) is 29.8 Å². The highest BCUT2D eigenvalue weighted by atomic mass is 16.1. The lowest BCUT2D eigenvalue weighted by atomic mass is 9.71. The molecular formula is C13H15NO. The van der Waals surface area contributed by atoms with E-state index >= 15 is 0 Å². The minimum absolute atomic E-state index is 0.765. The van der Waals surface area contributed by atoms with Gasteiger partial charge in [0.1, 0.15) is 6.29 Å². The summed E-state index contributed by atoms with van der Waals surface area (Å²) in [7, 11) is 0. The number of piperidine rings is 2. The Hall–Kier alpha value is -1.31. The van der Waals surface area contributed by atoms with Crippen LogP contribution in [-0.2, 0) is 0 Å². The minimum Gasteiger partial charge on any atom is -0.371 e. The van der Waals surface area contributed by atoms with Crippen LogP contribution in [0.1, 0.15) is 23.2 Å². The highest BCUT2D eigenvalue weighted by Crippen LogP contribution is 2.40. The molecule has 2 nitrogen and oxygen atoms in total. The summed E-state index contributed by atoms with van der Waals surface area (Å²) in [6, 6.07) is 7.94. The molecule has 0 atom stereocenters. The van der Waals surface area contributed by atoms with Gasteiger partial charge in [-0.05, 0) is 48.9 Å². The highest BCUT2D eigenvalue weighted by molar-refractivity contribution is 5.75. The molecule has 1 aromatic rings. The van der Waals surface area contributed by atoms with Crippen molar-refractivity contribution in [2.24, 2.45) is 11.8 Å². The maximum atomic E-state index is 10.5. The first-order valence-corrected chi connectivity index (χ1v) is 5.65. The number of carbonyl (C=O) groups is 1. The fraction of sp³-hybridized carbons (Fsp3) is 0.462. The number of hydrogen-bond donors (Lipinski definition) is 0. The van der Waals surface area contributed by atoms with Gasteiger partial charge < -0.3 is 4.90 Å². The smallest absolute Gasteiger partial charge is 0.150 e. The molecule has 1 saturated carbocycles. The van der Waals surface area contributed by atoms with Gasteiger partial charge in [-0.25, -0.2) is 0 Å². The van der Waals surface area contributed by atoms with Gasteiger partial charge in [-0.2, -0.15) is 0 Å². The number of hydrogen-bond acceptors (Lipinski definition) is 2. The van der Waals surface area contributed by atoms with Crippen molar-refractivity contribution in [2.45, 2.75) is 12.8 Å². The lowest BCUT2D eigenvalue weighted by Gasteiger charge is -2.48. The predicted molar refractivity (Wildman–Crippen MR) is 60.3 cm³/mol.